The molecule has 1 atom stereocenters. The summed E-state index contributed by atoms with van der Waals surface area (Å²) in [7, 11) is -3.02. The first-order valence-electron chi connectivity index (χ1n) is 4.72. The van der Waals surface area contributed by atoms with E-state index in [0.29, 0.717) is 13.1 Å². The van der Waals surface area contributed by atoms with E-state index in [0.717, 1.165) is 25.7 Å². The van der Waals surface area contributed by atoms with Crippen molar-refractivity contribution in [1.29, 1.82) is 0 Å². The van der Waals surface area contributed by atoms with Crippen molar-refractivity contribution < 1.29 is 8.42 Å². The molecule has 0 amide bonds. The van der Waals surface area contributed by atoms with Crippen molar-refractivity contribution in [1.82, 2.24) is 4.31 Å². The number of nitrogens with zero attached hydrogens (tertiary/aromatic N) is 1. The highest BCUT2D eigenvalue weighted by molar-refractivity contribution is 7.88. The van der Waals surface area contributed by atoms with Gasteiger partial charge in [0.15, 0.2) is 0 Å². The third kappa shape index (κ3) is 2.93. The van der Waals surface area contributed by atoms with E-state index in [1.165, 1.54) is 6.26 Å². The summed E-state index contributed by atoms with van der Waals surface area (Å²) >= 11 is 0. The molecule has 1 heterocycles. The van der Waals surface area contributed by atoms with Crippen LogP contribution in [0.2, 0.25) is 0 Å². The number of hydrogen-bond donors (Lipinski definition) is 1. The van der Waals surface area contributed by atoms with Gasteiger partial charge in [-0.05, 0) is 25.8 Å². The Morgan fingerprint density at radius 2 is 2.15 bits per heavy atom. The molecule has 13 heavy (non-hydrogen) atoms. The Labute approximate surface area is 80.1 Å². The van der Waals surface area contributed by atoms with Gasteiger partial charge in [-0.2, -0.15) is 4.31 Å². The minimum absolute atomic E-state index is 0.147. The van der Waals surface area contributed by atoms with E-state index in [4.69, 9.17) is 5.73 Å². The van der Waals surface area contributed by atoms with Crippen LogP contribution in [0.3, 0.4) is 0 Å². The lowest BCUT2D eigenvalue weighted by Crippen LogP contribution is -2.43. The minimum Gasteiger partial charge on any atom is -0.330 e. The fourth-order valence-corrected chi connectivity index (χ4v) is 3.10. The van der Waals surface area contributed by atoms with Gasteiger partial charge in [0.1, 0.15) is 0 Å². The molecule has 5 heteroatoms. The van der Waals surface area contributed by atoms with Crippen LogP contribution in [0, 0.1) is 0 Å². The molecule has 1 aliphatic rings. The van der Waals surface area contributed by atoms with Gasteiger partial charge in [-0.15, -0.1) is 0 Å². The molecule has 0 aromatic carbocycles. The molecular formula is C8H18N2O2S. The Hall–Kier alpha value is -0.130. The molecule has 2 N–H and O–H groups in total. The van der Waals surface area contributed by atoms with Crippen LogP contribution in [0.5, 0.6) is 0 Å². The summed E-state index contributed by atoms with van der Waals surface area (Å²) in [6, 6.07) is 0.147. The Bertz CT molecular complexity index is 249. The monoisotopic (exact) mass is 206 g/mol. The zero-order chi connectivity index (χ0) is 9.90. The number of piperidine rings is 1. The summed E-state index contributed by atoms with van der Waals surface area (Å²) in [5.74, 6) is 0. The highest BCUT2D eigenvalue weighted by Gasteiger charge is 2.28. The highest BCUT2D eigenvalue weighted by atomic mass is 32.2. The summed E-state index contributed by atoms with van der Waals surface area (Å²) in [5.41, 5.74) is 5.44. The predicted molar refractivity (Wildman–Crippen MR) is 52.9 cm³/mol. The quantitative estimate of drug-likeness (QED) is 0.715. The van der Waals surface area contributed by atoms with Gasteiger partial charge in [-0.25, -0.2) is 8.42 Å². The van der Waals surface area contributed by atoms with Crippen LogP contribution < -0.4 is 5.73 Å². The van der Waals surface area contributed by atoms with Gasteiger partial charge in [0, 0.05) is 12.6 Å². The summed E-state index contributed by atoms with van der Waals surface area (Å²) in [6.45, 7) is 1.24. The Morgan fingerprint density at radius 1 is 1.46 bits per heavy atom. The van der Waals surface area contributed by atoms with E-state index >= 15 is 0 Å². The molecule has 0 aromatic rings. The maximum Gasteiger partial charge on any atom is 0.211 e. The average Bonchev–Trinajstić information content (AvgIpc) is 2.04. The molecule has 0 spiro atoms. The van der Waals surface area contributed by atoms with E-state index in [9.17, 15) is 8.42 Å². The molecule has 1 saturated heterocycles. The van der Waals surface area contributed by atoms with Crippen LogP contribution in [0.4, 0.5) is 0 Å². The van der Waals surface area contributed by atoms with Crippen LogP contribution in [-0.4, -0.2) is 38.1 Å². The smallest absolute Gasteiger partial charge is 0.211 e. The molecule has 4 nitrogen and oxygen atoms in total. The molecule has 0 aliphatic carbocycles. The van der Waals surface area contributed by atoms with Gasteiger partial charge in [0.25, 0.3) is 0 Å². The summed E-state index contributed by atoms with van der Waals surface area (Å²) in [5, 5.41) is 0. The molecule has 0 saturated carbocycles. The molecule has 0 aromatic heterocycles. The molecule has 0 bridgehead atoms. The highest BCUT2D eigenvalue weighted by Crippen LogP contribution is 2.21. The van der Waals surface area contributed by atoms with E-state index < -0.39 is 10.0 Å². The van der Waals surface area contributed by atoms with Gasteiger partial charge < -0.3 is 5.73 Å². The first-order valence-corrected chi connectivity index (χ1v) is 6.57. The van der Waals surface area contributed by atoms with Crippen molar-refractivity contribution in [3.8, 4) is 0 Å². The maximum absolute atomic E-state index is 11.4. The van der Waals surface area contributed by atoms with Gasteiger partial charge in [0.05, 0.1) is 6.26 Å². The van der Waals surface area contributed by atoms with E-state index in [1.54, 1.807) is 4.31 Å². The molecular weight excluding hydrogens is 188 g/mol. The van der Waals surface area contributed by atoms with Crippen molar-refractivity contribution in [2.24, 2.45) is 5.73 Å². The zero-order valence-electron chi connectivity index (χ0n) is 8.07. The Balaban J connectivity index is 2.67. The molecule has 1 fully saturated rings. The second-order valence-corrected chi connectivity index (χ2v) is 5.54. The van der Waals surface area contributed by atoms with Crippen LogP contribution in [0.25, 0.3) is 0 Å². The lowest BCUT2D eigenvalue weighted by molar-refractivity contribution is 0.245. The molecule has 0 radical (unpaired) electrons. The third-order valence-electron chi connectivity index (χ3n) is 2.50. The van der Waals surface area contributed by atoms with Crippen LogP contribution in [0.15, 0.2) is 0 Å². The summed E-state index contributed by atoms with van der Waals surface area (Å²) < 4.78 is 24.3. The number of nitrogens with two attached hydrogens (primary N) is 1. The molecule has 1 aliphatic heterocycles. The normalized spacial score (nSPS) is 26.2. The fraction of sp³-hybridized carbons (Fsp3) is 1.00. The van der Waals surface area contributed by atoms with Crippen molar-refractivity contribution in [2.75, 3.05) is 19.3 Å². The number of rotatable bonds is 3. The van der Waals surface area contributed by atoms with Crippen molar-refractivity contribution in [2.45, 2.75) is 31.7 Å². The predicted octanol–water partition coefficient (Wildman–Crippen LogP) is 0.149. The second kappa shape index (κ2) is 4.39. The van der Waals surface area contributed by atoms with E-state index in [1.807, 2.05) is 0 Å². The Morgan fingerprint density at radius 3 is 2.69 bits per heavy atom. The first kappa shape index (κ1) is 10.9. The fourth-order valence-electron chi connectivity index (χ4n) is 1.89. The minimum atomic E-state index is -3.02. The summed E-state index contributed by atoms with van der Waals surface area (Å²) in [4.78, 5) is 0. The molecule has 1 rings (SSSR count). The Kier molecular flexibility index (Phi) is 3.70. The average molecular weight is 206 g/mol. The van der Waals surface area contributed by atoms with Crippen molar-refractivity contribution in [3.05, 3.63) is 0 Å². The number of hydrogen-bond acceptors (Lipinski definition) is 3. The SMILES string of the molecule is CS(=O)(=O)N1CCCCC1CCN. The second-order valence-electron chi connectivity index (χ2n) is 3.60. The molecule has 1 unspecified atom stereocenters. The zero-order valence-corrected chi connectivity index (χ0v) is 8.89. The van der Waals surface area contributed by atoms with Gasteiger partial charge >= 0.3 is 0 Å². The van der Waals surface area contributed by atoms with Gasteiger partial charge in [-0.1, -0.05) is 6.42 Å². The lowest BCUT2D eigenvalue weighted by Gasteiger charge is -2.33. The van der Waals surface area contributed by atoms with Gasteiger partial charge in [-0.3, -0.25) is 0 Å². The van der Waals surface area contributed by atoms with Crippen LogP contribution in [-0.2, 0) is 10.0 Å². The lowest BCUT2D eigenvalue weighted by atomic mass is 10.0. The molecule has 78 valence electrons. The van der Waals surface area contributed by atoms with E-state index in [-0.39, 0.29) is 6.04 Å². The topological polar surface area (TPSA) is 63.4 Å². The van der Waals surface area contributed by atoms with Gasteiger partial charge in [0.2, 0.25) is 10.0 Å². The largest absolute Gasteiger partial charge is 0.330 e. The van der Waals surface area contributed by atoms with Crippen molar-refractivity contribution in [3.63, 3.8) is 0 Å². The number of sulfonamides is 1. The van der Waals surface area contributed by atoms with E-state index in [2.05, 4.69) is 0 Å². The summed E-state index contributed by atoms with van der Waals surface area (Å²) in [6.07, 6.45) is 5.13. The third-order valence-corrected chi connectivity index (χ3v) is 3.83. The van der Waals surface area contributed by atoms with Crippen molar-refractivity contribution >= 4 is 10.0 Å². The maximum atomic E-state index is 11.4. The first-order chi connectivity index (χ1) is 6.05. The van der Waals surface area contributed by atoms with Crippen LogP contribution in [0.1, 0.15) is 25.7 Å². The standard InChI is InChI=1S/C8H18N2O2S/c1-13(11,12)10-7-3-2-4-8(10)5-6-9/h8H,2-7,9H2,1H3. The van der Waals surface area contributed by atoms with Crippen LogP contribution >= 0.6 is 0 Å².